The summed E-state index contributed by atoms with van der Waals surface area (Å²) in [6.07, 6.45) is 1.53. The van der Waals surface area contributed by atoms with Gasteiger partial charge in [-0.1, -0.05) is 30.3 Å². The summed E-state index contributed by atoms with van der Waals surface area (Å²) in [4.78, 5) is 17.3. The fourth-order valence-electron chi connectivity index (χ4n) is 2.16. The van der Waals surface area contributed by atoms with E-state index in [-0.39, 0.29) is 4.90 Å². The van der Waals surface area contributed by atoms with Crippen LogP contribution in [0.4, 0.5) is 0 Å². The first-order valence-corrected chi connectivity index (χ1v) is 8.89. The van der Waals surface area contributed by atoms with Gasteiger partial charge in [-0.2, -0.15) is 0 Å². The van der Waals surface area contributed by atoms with Crippen molar-refractivity contribution in [3.8, 4) is 0 Å². The molecule has 6 nitrogen and oxygen atoms in total. The Balaban J connectivity index is 1.80. The van der Waals surface area contributed by atoms with Crippen LogP contribution in [0.3, 0.4) is 0 Å². The first-order chi connectivity index (χ1) is 11.0. The maximum atomic E-state index is 12.2. The molecule has 0 atom stereocenters. The predicted molar refractivity (Wildman–Crippen MR) is 90.2 cm³/mol. The van der Waals surface area contributed by atoms with E-state index >= 15 is 0 Å². The quantitative estimate of drug-likeness (QED) is 0.594. The number of hydrogen-bond acceptors (Lipinski definition) is 3. The highest BCUT2D eigenvalue weighted by Crippen LogP contribution is 2.21. The van der Waals surface area contributed by atoms with Crippen LogP contribution in [0, 0.1) is 0 Å². The molecule has 1 amide bonds. The van der Waals surface area contributed by atoms with Gasteiger partial charge in [0.1, 0.15) is 0 Å². The van der Waals surface area contributed by atoms with Crippen LogP contribution < -0.4 is 10.3 Å². The van der Waals surface area contributed by atoms with Gasteiger partial charge in [-0.05, 0) is 34.1 Å². The Kier molecular flexibility index (Phi) is 4.20. The molecule has 0 bridgehead atoms. The number of amides is 1. The summed E-state index contributed by atoms with van der Waals surface area (Å²) < 4.78 is 24.9. The first kappa shape index (κ1) is 15.7. The van der Waals surface area contributed by atoms with Crippen LogP contribution >= 0.6 is 15.9 Å². The lowest BCUT2D eigenvalue weighted by Gasteiger charge is -2.09. The van der Waals surface area contributed by atoms with Crippen LogP contribution in [0.1, 0.15) is 10.4 Å². The van der Waals surface area contributed by atoms with Gasteiger partial charge in [0, 0.05) is 21.6 Å². The zero-order valence-electron chi connectivity index (χ0n) is 11.7. The SMILES string of the molecule is O=C(NNS(=O)(=O)c1ccccc1Br)c1c[nH]c2ccccc12. The van der Waals surface area contributed by atoms with E-state index in [1.807, 2.05) is 12.1 Å². The van der Waals surface area contributed by atoms with Crippen molar-refractivity contribution < 1.29 is 13.2 Å². The second-order valence-electron chi connectivity index (χ2n) is 4.74. The molecule has 23 heavy (non-hydrogen) atoms. The highest BCUT2D eigenvalue weighted by Gasteiger charge is 2.19. The van der Waals surface area contributed by atoms with Gasteiger partial charge in [-0.3, -0.25) is 10.2 Å². The molecule has 1 heterocycles. The third-order valence-electron chi connectivity index (χ3n) is 3.26. The molecule has 3 N–H and O–H groups in total. The van der Waals surface area contributed by atoms with E-state index in [1.165, 1.54) is 12.3 Å². The molecule has 118 valence electrons. The molecule has 0 fully saturated rings. The van der Waals surface area contributed by atoms with Crippen LogP contribution in [0.25, 0.3) is 10.9 Å². The number of benzene rings is 2. The van der Waals surface area contributed by atoms with E-state index in [4.69, 9.17) is 0 Å². The number of para-hydroxylation sites is 1. The Hall–Kier alpha value is -2.16. The monoisotopic (exact) mass is 393 g/mol. The Labute approximate surface area is 141 Å². The van der Waals surface area contributed by atoms with E-state index in [0.29, 0.717) is 15.4 Å². The van der Waals surface area contributed by atoms with Crippen LogP contribution in [0.5, 0.6) is 0 Å². The number of fused-ring (bicyclic) bond motifs is 1. The highest BCUT2D eigenvalue weighted by molar-refractivity contribution is 9.10. The summed E-state index contributed by atoms with van der Waals surface area (Å²) in [5, 5.41) is 0.713. The number of aromatic nitrogens is 1. The Bertz CT molecular complexity index is 982. The first-order valence-electron chi connectivity index (χ1n) is 6.62. The van der Waals surface area contributed by atoms with Crippen LogP contribution in [0.15, 0.2) is 64.1 Å². The Morgan fingerprint density at radius 2 is 1.74 bits per heavy atom. The molecule has 0 aliphatic heterocycles. The molecule has 0 spiro atoms. The molecular weight excluding hydrogens is 382 g/mol. The fourth-order valence-corrected chi connectivity index (χ4v) is 4.00. The van der Waals surface area contributed by atoms with Crippen molar-refractivity contribution >= 4 is 42.8 Å². The number of sulfonamides is 1. The molecule has 1 aromatic heterocycles. The summed E-state index contributed by atoms with van der Waals surface area (Å²) in [7, 11) is -3.87. The van der Waals surface area contributed by atoms with Gasteiger partial charge in [0.15, 0.2) is 0 Å². The van der Waals surface area contributed by atoms with Crippen molar-refractivity contribution in [3.05, 3.63) is 64.8 Å². The number of hydrogen-bond donors (Lipinski definition) is 3. The molecular formula is C15H12BrN3O3S. The normalized spacial score (nSPS) is 11.5. The molecule has 0 unspecified atom stereocenters. The lowest BCUT2D eigenvalue weighted by molar-refractivity contribution is 0.0947. The molecule has 2 aromatic carbocycles. The van der Waals surface area contributed by atoms with Gasteiger partial charge in [-0.15, -0.1) is 4.83 Å². The molecule has 0 aliphatic carbocycles. The van der Waals surface area contributed by atoms with Crippen LogP contribution in [0.2, 0.25) is 0 Å². The molecule has 0 radical (unpaired) electrons. The van der Waals surface area contributed by atoms with E-state index in [9.17, 15) is 13.2 Å². The zero-order chi connectivity index (χ0) is 16.4. The van der Waals surface area contributed by atoms with E-state index in [0.717, 1.165) is 5.52 Å². The van der Waals surface area contributed by atoms with Crippen LogP contribution in [-0.4, -0.2) is 19.3 Å². The standard InChI is InChI=1S/C15H12BrN3O3S/c16-12-6-2-4-8-14(12)23(21,22)19-18-15(20)11-9-17-13-7-3-1-5-10(11)13/h1-9,17,19H,(H,18,20). The van der Waals surface area contributed by atoms with Crippen molar-refractivity contribution in [2.24, 2.45) is 0 Å². The largest absolute Gasteiger partial charge is 0.360 e. The minimum absolute atomic E-state index is 0.0410. The van der Waals surface area contributed by atoms with Gasteiger partial charge in [0.2, 0.25) is 0 Å². The molecule has 8 heteroatoms. The van der Waals surface area contributed by atoms with E-state index in [2.05, 4.69) is 31.2 Å². The molecule has 3 rings (SSSR count). The van der Waals surface area contributed by atoms with E-state index < -0.39 is 15.9 Å². The van der Waals surface area contributed by atoms with Crippen molar-refractivity contribution in [1.29, 1.82) is 0 Å². The number of nitrogens with one attached hydrogen (secondary N) is 3. The van der Waals surface area contributed by atoms with Crippen molar-refractivity contribution in [2.45, 2.75) is 4.90 Å². The van der Waals surface area contributed by atoms with Crippen molar-refractivity contribution in [1.82, 2.24) is 15.2 Å². The number of hydrazine groups is 1. The summed E-state index contributed by atoms with van der Waals surface area (Å²) in [5.74, 6) is -0.543. The Morgan fingerprint density at radius 1 is 1.04 bits per heavy atom. The smallest absolute Gasteiger partial charge is 0.268 e. The molecule has 0 saturated heterocycles. The third kappa shape index (κ3) is 3.14. The van der Waals surface area contributed by atoms with Gasteiger partial charge in [-0.25, -0.2) is 8.42 Å². The molecule has 0 aliphatic rings. The second-order valence-corrected chi connectivity index (χ2v) is 7.24. The van der Waals surface area contributed by atoms with Gasteiger partial charge in [0.25, 0.3) is 15.9 Å². The lowest BCUT2D eigenvalue weighted by Crippen LogP contribution is -2.41. The predicted octanol–water partition coefficient (Wildman–Crippen LogP) is 2.55. The van der Waals surface area contributed by atoms with Crippen molar-refractivity contribution in [2.75, 3.05) is 0 Å². The number of carbonyl (C=O) groups excluding carboxylic acids is 1. The average Bonchev–Trinajstić information content (AvgIpc) is 2.97. The van der Waals surface area contributed by atoms with Gasteiger partial charge < -0.3 is 4.98 Å². The minimum Gasteiger partial charge on any atom is -0.360 e. The van der Waals surface area contributed by atoms with Gasteiger partial charge in [0.05, 0.1) is 10.5 Å². The number of H-pyrrole nitrogens is 1. The number of aromatic amines is 1. The minimum atomic E-state index is -3.87. The maximum absolute atomic E-state index is 12.2. The van der Waals surface area contributed by atoms with Crippen LogP contribution in [-0.2, 0) is 10.0 Å². The Morgan fingerprint density at radius 3 is 2.52 bits per heavy atom. The number of halogens is 1. The number of rotatable bonds is 4. The summed E-state index contributed by atoms with van der Waals surface area (Å²) >= 11 is 3.17. The third-order valence-corrected chi connectivity index (χ3v) is 5.52. The summed E-state index contributed by atoms with van der Waals surface area (Å²) in [6.45, 7) is 0. The van der Waals surface area contributed by atoms with E-state index in [1.54, 1.807) is 30.3 Å². The zero-order valence-corrected chi connectivity index (χ0v) is 14.1. The number of carbonyl (C=O) groups is 1. The summed E-state index contributed by atoms with van der Waals surface area (Å²) in [5.41, 5.74) is 3.38. The highest BCUT2D eigenvalue weighted by atomic mass is 79.9. The summed E-state index contributed by atoms with van der Waals surface area (Å²) in [6, 6.07) is 13.6. The molecule has 0 saturated carbocycles. The second kappa shape index (κ2) is 6.15. The molecule has 3 aromatic rings. The topological polar surface area (TPSA) is 91.1 Å². The maximum Gasteiger partial charge on any atom is 0.268 e. The fraction of sp³-hybridized carbons (Fsp3) is 0. The van der Waals surface area contributed by atoms with Gasteiger partial charge >= 0.3 is 0 Å². The average molecular weight is 394 g/mol. The lowest BCUT2D eigenvalue weighted by atomic mass is 10.2. The van der Waals surface area contributed by atoms with Crippen molar-refractivity contribution in [3.63, 3.8) is 0 Å².